The second-order valence-electron chi connectivity index (χ2n) is 3.08. The normalized spacial score (nSPS) is 28.4. The van der Waals surface area contributed by atoms with Crippen molar-refractivity contribution in [3.05, 3.63) is 0 Å². The highest BCUT2D eigenvalue weighted by Crippen LogP contribution is 2.19. The highest BCUT2D eigenvalue weighted by Gasteiger charge is 2.13. The quantitative estimate of drug-likeness (QED) is 0.706. The highest BCUT2D eigenvalue weighted by molar-refractivity contribution is 7.99. The van der Waals surface area contributed by atoms with E-state index in [1.807, 2.05) is 0 Å². The zero-order valence-electron chi connectivity index (χ0n) is 6.98. The van der Waals surface area contributed by atoms with Gasteiger partial charge in [0.1, 0.15) is 6.17 Å². The molecule has 1 aliphatic heterocycles. The minimum absolute atomic E-state index is 0.651. The van der Waals surface area contributed by atoms with Crippen LogP contribution in [0.15, 0.2) is 0 Å². The molecule has 1 heterocycles. The van der Waals surface area contributed by atoms with Crippen LogP contribution in [-0.2, 0) is 0 Å². The van der Waals surface area contributed by atoms with Gasteiger partial charge in [-0.1, -0.05) is 0 Å². The summed E-state index contributed by atoms with van der Waals surface area (Å²) in [4.78, 5) is 0. The molecule has 1 N–H and O–H groups in total. The maximum absolute atomic E-state index is 12.4. The standard InChI is InChI=1S/C8H16FNS/c1-7(9)6-11-8-3-2-4-10-5-8/h7-8,10H,2-6H2,1H3. The van der Waals surface area contributed by atoms with Crippen LogP contribution in [0.1, 0.15) is 19.8 Å². The number of nitrogens with one attached hydrogen (secondary N) is 1. The molecular weight excluding hydrogens is 161 g/mol. The summed E-state index contributed by atoms with van der Waals surface area (Å²) in [5, 5.41) is 3.97. The van der Waals surface area contributed by atoms with E-state index in [2.05, 4.69) is 5.32 Å². The Morgan fingerprint density at radius 1 is 1.73 bits per heavy atom. The predicted molar refractivity (Wildman–Crippen MR) is 48.9 cm³/mol. The van der Waals surface area contributed by atoms with Crippen molar-refractivity contribution in [2.24, 2.45) is 0 Å². The first-order chi connectivity index (χ1) is 5.29. The van der Waals surface area contributed by atoms with Crippen molar-refractivity contribution in [3.8, 4) is 0 Å². The molecule has 0 spiro atoms. The van der Waals surface area contributed by atoms with E-state index in [-0.39, 0.29) is 0 Å². The number of piperidine rings is 1. The fourth-order valence-corrected chi connectivity index (χ4v) is 2.34. The van der Waals surface area contributed by atoms with Gasteiger partial charge < -0.3 is 5.32 Å². The minimum Gasteiger partial charge on any atom is -0.316 e. The zero-order valence-corrected chi connectivity index (χ0v) is 7.79. The van der Waals surface area contributed by atoms with Gasteiger partial charge in [-0.25, -0.2) is 4.39 Å². The van der Waals surface area contributed by atoms with Crippen LogP contribution in [0.25, 0.3) is 0 Å². The van der Waals surface area contributed by atoms with Gasteiger partial charge in [-0.05, 0) is 26.3 Å². The van der Waals surface area contributed by atoms with Crippen LogP contribution in [-0.4, -0.2) is 30.3 Å². The Labute approximate surface area is 72.1 Å². The van der Waals surface area contributed by atoms with Gasteiger partial charge in [-0.2, -0.15) is 11.8 Å². The second kappa shape index (κ2) is 4.99. The van der Waals surface area contributed by atoms with Gasteiger partial charge in [-0.15, -0.1) is 0 Å². The highest BCUT2D eigenvalue weighted by atomic mass is 32.2. The lowest BCUT2D eigenvalue weighted by molar-refractivity contribution is 0.397. The maximum atomic E-state index is 12.4. The fourth-order valence-electron chi connectivity index (χ4n) is 1.23. The van der Waals surface area contributed by atoms with Gasteiger partial charge in [0.15, 0.2) is 0 Å². The number of thioether (sulfide) groups is 1. The van der Waals surface area contributed by atoms with E-state index < -0.39 is 6.17 Å². The van der Waals surface area contributed by atoms with Crippen LogP contribution in [0.5, 0.6) is 0 Å². The molecule has 2 atom stereocenters. The number of hydrogen-bond donors (Lipinski definition) is 1. The molecule has 0 radical (unpaired) electrons. The van der Waals surface area contributed by atoms with E-state index in [1.165, 1.54) is 12.8 Å². The smallest absolute Gasteiger partial charge is 0.106 e. The van der Waals surface area contributed by atoms with E-state index in [0.717, 1.165) is 13.1 Å². The first kappa shape index (κ1) is 9.33. The summed E-state index contributed by atoms with van der Waals surface area (Å²) in [6, 6.07) is 0. The number of alkyl halides is 1. The summed E-state index contributed by atoms with van der Waals surface area (Å²) in [5.74, 6) is 0.659. The third-order valence-electron chi connectivity index (χ3n) is 1.81. The van der Waals surface area contributed by atoms with E-state index in [0.29, 0.717) is 11.0 Å². The summed E-state index contributed by atoms with van der Waals surface area (Å²) in [6.45, 7) is 3.84. The molecule has 1 saturated heterocycles. The summed E-state index contributed by atoms with van der Waals surface area (Å²) < 4.78 is 12.4. The van der Waals surface area contributed by atoms with Gasteiger partial charge in [0.2, 0.25) is 0 Å². The average molecular weight is 177 g/mol. The third kappa shape index (κ3) is 3.97. The molecule has 0 bridgehead atoms. The van der Waals surface area contributed by atoms with Gasteiger partial charge in [0, 0.05) is 17.5 Å². The van der Waals surface area contributed by atoms with Crippen LogP contribution >= 0.6 is 11.8 Å². The summed E-state index contributed by atoms with van der Waals surface area (Å²) in [6.07, 6.45) is 1.85. The Kier molecular flexibility index (Phi) is 4.23. The monoisotopic (exact) mass is 177 g/mol. The Bertz CT molecular complexity index is 102. The lowest BCUT2D eigenvalue weighted by atomic mass is 10.2. The first-order valence-electron chi connectivity index (χ1n) is 4.25. The van der Waals surface area contributed by atoms with Crippen molar-refractivity contribution >= 4 is 11.8 Å². The molecular formula is C8H16FNS. The molecule has 1 nitrogen and oxygen atoms in total. The number of halogens is 1. The Balaban J connectivity index is 2.05. The average Bonchev–Trinajstić information content (AvgIpc) is 2.03. The van der Waals surface area contributed by atoms with Crippen LogP contribution in [0, 0.1) is 0 Å². The van der Waals surface area contributed by atoms with E-state index in [1.54, 1.807) is 18.7 Å². The van der Waals surface area contributed by atoms with Gasteiger partial charge in [0.05, 0.1) is 0 Å². The molecule has 0 aromatic carbocycles. The van der Waals surface area contributed by atoms with Crippen LogP contribution < -0.4 is 5.32 Å². The molecule has 3 heteroatoms. The molecule has 2 unspecified atom stereocenters. The Morgan fingerprint density at radius 2 is 2.55 bits per heavy atom. The van der Waals surface area contributed by atoms with Gasteiger partial charge in [0.25, 0.3) is 0 Å². The summed E-state index contributed by atoms with van der Waals surface area (Å²) >= 11 is 1.77. The number of hydrogen-bond acceptors (Lipinski definition) is 2. The van der Waals surface area contributed by atoms with Gasteiger partial charge in [-0.3, -0.25) is 0 Å². The SMILES string of the molecule is CC(F)CSC1CCCNC1. The molecule has 1 aliphatic rings. The molecule has 1 fully saturated rings. The van der Waals surface area contributed by atoms with Crippen molar-refractivity contribution in [3.63, 3.8) is 0 Å². The Morgan fingerprint density at radius 3 is 3.09 bits per heavy atom. The van der Waals surface area contributed by atoms with Crippen LogP contribution in [0.3, 0.4) is 0 Å². The molecule has 11 heavy (non-hydrogen) atoms. The van der Waals surface area contributed by atoms with E-state index >= 15 is 0 Å². The Hall–Kier alpha value is 0.240. The molecule has 1 rings (SSSR count). The topological polar surface area (TPSA) is 12.0 Å². The first-order valence-corrected chi connectivity index (χ1v) is 5.30. The molecule has 66 valence electrons. The summed E-state index contributed by atoms with van der Waals surface area (Å²) in [7, 11) is 0. The van der Waals surface area contributed by atoms with Crippen molar-refractivity contribution in [2.45, 2.75) is 31.2 Å². The fraction of sp³-hybridized carbons (Fsp3) is 1.00. The zero-order chi connectivity index (χ0) is 8.10. The lowest BCUT2D eigenvalue weighted by Crippen LogP contribution is -2.32. The molecule has 0 amide bonds. The third-order valence-corrected chi connectivity index (χ3v) is 3.34. The van der Waals surface area contributed by atoms with Gasteiger partial charge >= 0.3 is 0 Å². The second-order valence-corrected chi connectivity index (χ2v) is 4.42. The minimum atomic E-state index is -0.651. The molecule has 0 aromatic rings. The maximum Gasteiger partial charge on any atom is 0.106 e. The van der Waals surface area contributed by atoms with Crippen molar-refractivity contribution in [1.29, 1.82) is 0 Å². The molecule has 0 aliphatic carbocycles. The van der Waals surface area contributed by atoms with Crippen molar-refractivity contribution in [1.82, 2.24) is 5.32 Å². The van der Waals surface area contributed by atoms with Crippen molar-refractivity contribution < 1.29 is 4.39 Å². The van der Waals surface area contributed by atoms with Crippen LogP contribution in [0.2, 0.25) is 0 Å². The van der Waals surface area contributed by atoms with E-state index in [9.17, 15) is 4.39 Å². The van der Waals surface area contributed by atoms with Crippen LogP contribution in [0.4, 0.5) is 4.39 Å². The van der Waals surface area contributed by atoms with E-state index in [4.69, 9.17) is 0 Å². The number of rotatable bonds is 3. The van der Waals surface area contributed by atoms with Crippen molar-refractivity contribution in [2.75, 3.05) is 18.8 Å². The predicted octanol–water partition coefficient (Wildman–Crippen LogP) is 1.83. The molecule has 0 aromatic heterocycles. The lowest BCUT2D eigenvalue weighted by Gasteiger charge is -2.22. The molecule has 0 saturated carbocycles. The largest absolute Gasteiger partial charge is 0.316 e. The summed E-state index contributed by atoms with van der Waals surface area (Å²) in [5.41, 5.74) is 0.